The molecule has 3 nitrogen and oxygen atoms in total. The van der Waals surface area contributed by atoms with E-state index in [1.165, 1.54) is 18.2 Å². The average Bonchev–Trinajstić information content (AvgIpc) is 2.46. The fraction of sp³-hybridized carbons (Fsp3) is 0.533. The summed E-state index contributed by atoms with van der Waals surface area (Å²) in [6.45, 7) is 1.40. The quantitative estimate of drug-likeness (QED) is 0.919. The second-order valence-corrected chi connectivity index (χ2v) is 5.29. The molecule has 1 aromatic carbocycles. The van der Waals surface area contributed by atoms with Crippen LogP contribution in [0.2, 0.25) is 0 Å². The molecule has 1 aliphatic rings. The Kier molecular flexibility index (Phi) is 5.06. The van der Waals surface area contributed by atoms with Gasteiger partial charge in [-0.2, -0.15) is 0 Å². The number of carbonyl (C=O) groups excluding carboxylic acids is 1. The molecule has 0 radical (unpaired) electrons. The number of benzene rings is 1. The van der Waals surface area contributed by atoms with E-state index in [9.17, 15) is 13.6 Å². The van der Waals surface area contributed by atoms with Crippen LogP contribution in [0.5, 0.6) is 0 Å². The fourth-order valence-electron chi connectivity index (χ4n) is 2.78. The zero-order chi connectivity index (χ0) is 14.5. The molecule has 20 heavy (non-hydrogen) atoms. The van der Waals surface area contributed by atoms with Gasteiger partial charge in [-0.15, -0.1) is 0 Å². The number of hydrogen-bond acceptors (Lipinski definition) is 2. The number of nitrogens with zero attached hydrogens (tertiary/aromatic N) is 1. The highest BCUT2D eigenvalue weighted by Crippen LogP contribution is 2.23. The molecule has 1 amide bonds. The van der Waals surface area contributed by atoms with Gasteiger partial charge in [-0.3, -0.25) is 4.79 Å². The smallest absolute Gasteiger partial charge is 0.236 e. The van der Waals surface area contributed by atoms with E-state index in [1.54, 1.807) is 4.90 Å². The van der Waals surface area contributed by atoms with E-state index in [0.29, 0.717) is 25.3 Å². The summed E-state index contributed by atoms with van der Waals surface area (Å²) < 4.78 is 27.1. The molecule has 0 spiro atoms. The van der Waals surface area contributed by atoms with Crippen LogP contribution < -0.4 is 5.73 Å². The Balaban J connectivity index is 1.92. The van der Waals surface area contributed by atoms with Gasteiger partial charge in [-0.05, 0) is 43.7 Å². The third kappa shape index (κ3) is 3.54. The van der Waals surface area contributed by atoms with Crippen LogP contribution in [-0.2, 0) is 11.2 Å². The molecule has 1 heterocycles. The summed E-state index contributed by atoms with van der Waals surface area (Å²) in [4.78, 5) is 13.3. The van der Waals surface area contributed by atoms with Crippen molar-refractivity contribution >= 4 is 5.91 Å². The standard InChI is InChI=1S/C15H20F2N2O/c16-13-4-1-5-14(17)12(13)7-6-11-3-2-8-19(10-11)15(20)9-18/h1,4-5,11H,2-3,6-10,18H2. The molecule has 1 atom stereocenters. The van der Waals surface area contributed by atoms with Gasteiger partial charge in [0.05, 0.1) is 6.54 Å². The lowest BCUT2D eigenvalue weighted by atomic mass is 9.91. The van der Waals surface area contributed by atoms with Crippen molar-refractivity contribution < 1.29 is 13.6 Å². The summed E-state index contributed by atoms with van der Waals surface area (Å²) in [5.74, 6) is -0.739. The first-order valence-electron chi connectivity index (χ1n) is 7.02. The van der Waals surface area contributed by atoms with Gasteiger partial charge >= 0.3 is 0 Å². The van der Waals surface area contributed by atoms with Crippen molar-refractivity contribution in [2.45, 2.75) is 25.7 Å². The van der Waals surface area contributed by atoms with E-state index in [0.717, 1.165) is 19.4 Å². The third-order valence-corrected chi connectivity index (χ3v) is 3.91. The van der Waals surface area contributed by atoms with Gasteiger partial charge in [0.2, 0.25) is 5.91 Å². The molecule has 0 saturated carbocycles. The van der Waals surface area contributed by atoms with Crippen LogP contribution in [0.25, 0.3) is 0 Å². The number of hydrogen-bond donors (Lipinski definition) is 1. The Bertz CT molecular complexity index is 459. The number of carbonyl (C=O) groups is 1. The average molecular weight is 282 g/mol. The van der Waals surface area contributed by atoms with Crippen LogP contribution in [0.1, 0.15) is 24.8 Å². The van der Waals surface area contributed by atoms with Crippen LogP contribution in [0.15, 0.2) is 18.2 Å². The van der Waals surface area contributed by atoms with Gasteiger partial charge in [0.25, 0.3) is 0 Å². The van der Waals surface area contributed by atoms with Crippen LogP contribution in [0.4, 0.5) is 8.78 Å². The Morgan fingerprint density at radius 2 is 2.05 bits per heavy atom. The number of nitrogens with two attached hydrogens (primary N) is 1. The van der Waals surface area contributed by atoms with Crippen LogP contribution in [0, 0.1) is 17.6 Å². The monoisotopic (exact) mass is 282 g/mol. The van der Waals surface area contributed by atoms with E-state index in [1.807, 2.05) is 0 Å². The molecule has 110 valence electrons. The predicted molar refractivity (Wildman–Crippen MR) is 73.0 cm³/mol. The first-order valence-corrected chi connectivity index (χ1v) is 7.02. The number of halogens is 2. The van der Waals surface area contributed by atoms with Gasteiger partial charge in [0.1, 0.15) is 11.6 Å². The maximum atomic E-state index is 13.5. The number of rotatable bonds is 4. The largest absolute Gasteiger partial charge is 0.341 e. The van der Waals surface area contributed by atoms with E-state index in [-0.39, 0.29) is 18.0 Å². The van der Waals surface area contributed by atoms with Gasteiger partial charge < -0.3 is 10.6 Å². The van der Waals surface area contributed by atoms with Gasteiger partial charge in [-0.1, -0.05) is 6.07 Å². The third-order valence-electron chi connectivity index (χ3n) is 3.91. The van der Waals surface area contributed by atoms with Crippen molar-refractivity contribution in [2.24, 2.45) is 11.7 Å². The Morgan fingerprint density at radius 1 is 1.35 bits per heavy atom. The number of amides is 1. The predicted octanol–water partition coefficient (Wildman–Crippen LogP) is 2.09. The maximum Gasteiger partial charge on any atom is 0.236 e. The van der Waals surface area contributed by atoms with Crippen molar-refractivity contribution in [2.75, 3.05) is 19.6 Å². The minimum absolute atomic E-state index is 0.0225. The van der Waals surface area contributed by atoms with Crippen molar-refractivity contribution in [3.8, 4) is 0 Å². The van der Waals surface area contributed by atoms with E-state index >= 15 is 0 Å². The maximum absolute atomic E-state index is 13.5. The SMILES string of the molecule is NCC(=O)N1CCCC(CCc2c(F)cccc2F)C1. The zero-order valence-corrected chi connectivity index (χ0v) is 11.4. The molecular weight excluding hydrogens is 262 g/mol. The number of likely N-dealkylation sites (tertiary alicyclic amines) is 1. The van der Waals surface area contributed by atoms with Crippen molar-refractivity contribution in [1.82, 2.24) is 4.90 Å². The summed E-state index contributed by atoms with van der Waals surface area (Å²) >= 11 is 0. The summed E-state index contributed by atoms with van der Waals surface area (Å²) in [6, 6.07) is 3.93. The lowest BCUT2D eigenvalue weighted by Gasteiger charge is -2.32. The lowest BCUT2D eigenvalue weighted by Crippen LogP contribution is -2.43. The van der Waals surface area contributed by atoms with E-state index in [4.69, 9.17) is 5.73 Å². The van der Waals surface area contributed by atoms with Gasteiger partial charge in [-0.25, -0.2) is 8.78 Å². The van der Waals surface area contributed by atoms with E-state index in [2.05, 4.69) is 0 Å². The number of piperidine rings is 1. The molecule has 2 N–H and O–H groups in total. The highest BCUT2D eigenvalue weighted by molar-refractivity contribution is 5.78. The zero-order valence-electron chi connectivity index (χ0n) is 11.4. The minimum Gasteiger partial charge on any atom is -0.341 e. The highest BCUT2D eigenvalue weighted by Gasteiger charge is 2.23. The molecule has 0 aliphatic carbocycles. The molecule has 1 unspecified atom stereocenters. The van der Waals surface area contributed by atoms with Crippen LogP contribution in [0.3, 0.4) is 0 Å². The summed E-state index contributed by atoms with van der Waals surface area (Å²) in [7, 11) is 0. The molecule has 0 bridgehead atoms. The highest BCUT2D eigenvalue weighted by atomic mass is 19.1. The topological polar surface area (TPSA) is 46.3 Å². The first-order chi connectivity index (χ1) is 9.61. The van der Waals surface area contributed by atoms with Crippen molar-refractivity contribution in [3.63, 3.8) is 0 Å². The summed E-state index contributed by atoms with van der Waals surface area (Å²) in [5.41, 5.74) is 5.51. The molecule has 2 rings (SSSR count). The molecule has 1 fully saturated rings. The molecule has 1 aromatic rings. The summed E-state index contributed by atoms with van der Waals surface area (Å²) in [5, 5.41) is 0. The van der Waals surface area contributed by atoms with Crippen LogP contribution in [-0.4, -0.2) is 30.4 Å². The van der Waals surface area contributed by atoms with Crippen molar-refractivity contribution in [1.29, 1.82) is 0 Å². The Labute approximate surface area is 117 Å². The van der Waals surface area contributed by atoms with Gasteiger partial charge in [0, 0.05) is 18.7 Å². The normalized spacial score (nSPS) is 19.1. The Morgan fingerprint density at radius 3 is 2.70 bits per heavy atom. The molecule has 1 saturated heterocycles. The van der Waals surface area contributed by atoms with E-state index < -0.39 is 11.6 Å². The second-order valence-electron chi connectivity index (χ2n) is 5.29. The first kappa shape index (κ1) is 14.9. The van der Waals surface area contributed by atoms with Gasteiger partial charge in [0.15, 0.2) is 0 Å². The molecule has 1 aliphatic heterocycles. The molecule has 0 aromatic heterocycles. The second kappa shape index (κ2) is 6.79. The Hall–Kier alpha value is -1.49. The van der Waals surface area contributed by atoms with Crippen molar-refractivity contribution in [3.05, 3.63) is 35.4 Å². The molecular formula is C15H20F2N2O. The minimum atomic E-state index is -0.490. The van der Waals surface area contributed by atoms with Crippen LogP contribution >= 0.6 is 0 Å². The molecule has 5 heteroatoms. The summed E-state index contributed by atoms with van der Waals surface area (Å²) in [6.07, 6.45) is 2.97. The lowest BCUT2D eigenvalue weighted by molar-refractivity contribution is -0.131. The fourth-order valence-corrected chi connectivity index (χ4v) is 2.78.